The van der Waals surface area contributed by atoms with E-state index in [4.69, 9.17) is 19.9 Å². The average Bonchev–Trinajstić information content (AvgIpc) is 2.87. The molecule has 6 N–H and O–H groups in total. The summed E-state index contributed by atoms with van der Waals surface area (Å²) in [4.78, 5) is 25.2. The van der Waals surface area contributed by atoms with Crippen LogP contribution >= 0.6 is 0 Å². The number of aliphatic carboxylic acids is 1. The van der Waals surface area contributed by atoms with Crippen LogP contribution in [0.15, 0.2) is 42.5 Å². The minimum atomic E-state index is -1.49. The number of carbonyl (C=O) groups excluding carboxylic acids is 1. The number of carbonyl (C=O) groups is 2. The summed E-state index contributed by atoms with van der Waals surface area (Å²) in [7, 11) is 4.47. The number of aliphatic hydroxyl groups excluding tert-OH is 1. The molecule has 0 aliphatic heterocycles. The number of carboxylic acid groups (broad SMARTS) is 1. The summed E-state index contributed by atoms with van der Waals surface area (Å²) >= 11 is 0. The van der Waals surface area contributed by atoms with Crippen LogP contribution in [0.5, 0.6) is 17.2 Å². The van der Waals surface area contributed by atoms with Crippen LogP contribution in [-0.2, 0) is 22.6 Å². The molecule has 10 nitrogen and oxygen atoms in total. The Hall–Kier alpha value is -3.34. The molecule has 0 fully saturated rings. The molecule has 0 aliphatic carbocycles. The van der Waals surface area contributed by atoms with Crippen LogP contribution in [0.25, 0.3) is 0 Å². The van der Waals surface area contributed by atoms with E-state index in [1.807, 2.05) is 51.1 Å². The largest absolute Gasteiger partial charge is 0.496 e. The second-order valence-corrected chi connectivity index (χ2v) is 9.85. The van der Waals surface area contributed by atoms with Crippen molar-refractivity contribution in [2.45, 2.75) is 58.0 Å². The maximum Gasteiger partial charge on any atom is 0.323 e. The maximum absolute atomic E-state index is 12.9. The SMILES string of the molecule is COc1cc(OC)c(OC)cc1CN[C@@H](C(=O)O)[C@H](O)[C@H](Cc1ccccc1)NC(=O)C(N)C(C)(C)C. The Morgan fingerprint density at radius 3 is 2.05 bits per heavy atom. The van der Waals surface area contributed by atoms with E-state index < -0.39 is 41.5 Å². The molecule has 0 saturated carbocycles. The molecular weight excluding hydrogens is 478 g/mol. The Balaban J connectivity index is 2.32. The zero-order valence-electron chi connectivity index (χ0n) is 22.3. The topological polar surface area (TPSA) is 152 Å². The van der Waals surface area contributed by atoms with Gasteiger partial charge in [-0.2, -0.15) is 0 Å². The highest BCUT2D eigenvalue weighted by molar-refractivity contribution is 5.83. The first-order valence-corrected chi connectivity index (χ1v) is 12.0. The summed E-state index contributed by atoms with van der Waals surface area (Å²) in [6, 6.07) is 9.29. The van der Waals surface area contributed by atoms with Crippen LogP contribution in [0, 0.1) is 5.41 Å². The molecule has 2 rings (SSSR count). The fourth-order valence-electron chi connectivity index (χ4n) is 3.83. The molecule has 1 unspecified atom stereocenters. The van der Waals surface area contributed by atoms with E-state index in [1.54, 1.807) is 12.1 Å². The van der Waals surface area contributed by atoms with Crippen molar-refractivity contribution < 1.29 is 34.0 Å². The number of benzene rings is 2. The average molecular weight is 518 g/mol. The number of hydrogen-bond acceptors (Lipinski definition) is 8. The van der Waals surface area contributed by atoms with E-state index in [0.717, 1.165) is 5.56 Å². The highest BCUT2D eigenvalue weighted by atomic mass is 16.5. The molecule has 204 valence electrons. The number of hydrogen-bond donors (Lipinski definition) is 5. The first-order valence-electron chi connectivity index (χ1n) is 12.0. The molecule has 0 radical (unpaired) electrons. The van der Waals surface area contributed by atoms with Crippen molar-refractivity contribution in [2.24, 2.45) is 11.1 Å². The van der Waals surface area contributed by atoms with Crippen molar-refractivity contribution in [3.63, 3.8) is 0 Å². The van der Waals surface area contributed by atoms with Gasteiger partial charge in [-0.25, -0.2) is 0 Å². The van der Waals surface area contributed by atoms with Crippen molar-refractivity contribution in [1.82, 2.24) is 10.6 Å². The van der Waals surface area contributed by atoms with Gasteiger partial charge in [-0.15, -0.1) is 0 Å². The van der Waals surface area contributed by atoms with Gasteiger partial charge in [0.15, 0.2) is 11.5 Å². The van der Waals surface area contributed by atoms with E-state index in [-0.39, 0.29) is 13.0 Å². The van der Waals surface area contributed by atoms with Gasteiger partial charge in [-0.05, 0) is 23.5 Å². The monoisotopic (exact) mass is 517 g/mol. The van der Waals surface area contributed by atoms with Gasteiger partial charge in [-0.1, -0.05) is 51.1 Å². The zero-order chi connectivity index (χ0) is 27.8. The number of ether oxygens (including phenoxy) is 3. The number of carboxylic acids is 1. The molecule has 0 aromatic heterocycles. The molecule has 2 aromatic carbocycles. The van der Waals surface area contributed by atoms with Gasteiger partial charge in [0.05, 0.1) is 33.4 Å². The lowest BCUT2D eigenvalue weighted by Gasteiger charge is -2.32. The highest BCUT2D eigenvalue weighted by Crippen LogP contribution is 2.34. The Morgan fingerprint density at radius 2 is 1.54 bits per heavy atom. The number of rotatable bonds is 13. The fraction of sp³-hybridized carbons (Fsp3) is 0.481. The third kappa shape index (κ3) is 8.08. The van der Waals surface area contributed by atoms with Crippen molar-refractivity contribution in [1.29, 1.82) is 0 Å². The van der Waals surface area contributed by atoms with E-state index >= 15 is 0 Å². The summed E-state index contributed by atoms with van der Waals surface area (Å²) in [6.07, 6.45) is -1.28. The van der Waals surface area contributed by atoms with Crippen LogP contribution in [0.3, 0.4) is 0 Å². The Labute approximate surface area is 218 Å². The van der Waals surface area contributed by atoms with E-state index in [1.165, 1.54) is 21.3 Å². The van der Waals surface area contributed by atoms with Crippen molar-refractivity contribution in [3.05, 3.63) is 53.6 Å². The van der Waals surface area contributed by atoms with Crippen molar-refractivity contribution in [3.8, 4) is 17.2 Å². The Morgan fingerprint density at radius 1 is 0.973 bits per heavy atom. The number of amides is 1. The van der Waals surface area contributed by atoms with E-state index in [2.05, 4.69) is 10.6 Å². The molecule has 0 bridgehead atoms. The molecule has 37 heavy (non-hydrogen) atoms. The van der Waals surface area contributed by atoms with Crippen molar-refractivity contribution in [2.75, 3.05) is 21.3 Å². The molecule has 0 heterocycles. The summed E-state index contributed by atoms with van der Waals surface area (Å²) < 4.78 is 16.1. The second-order valence-electron chi connectivity index (χ2n) is 9.85. The van der Waals surface area contributed by atoms with Crippen LogP contribution in [0.2, 0.25) is 0 Å². The van der Waals surface area contributed by atoms with Gasteiger partial charge in [-0.3, -0.25) is 14.9 Å². The van der Waals surface area contributed by atoms with E-state index in [9.17, 15) is 19.8 Å². The van der Waals surface area contributed by atoms with Gasteiger partial charge < -0.3 is 35.5 Å². The number of methoxy groups -OCH3 is 3. The standard InChI is InChI=1S/C27H39N3O7/c1-27(2,3)24(28)25(32)30-18(12-16-10-8-7-9-11-16)23(31)22(26(33)34)29-15-17-13-20(36-5)21(37-6)14-19(17)35-4/h7-11,13-14,18,22-24,29,31H,12,15,28H2,1-6H3,(H,30,32)(H,33,34)/t18-,22+,23+,24?/m0/s1. The lowest BCUT2D eigenvalue weighted by molar-refractivity contribution is -0.144. The minimum absolute atomic E-state index is 0.0328. The smallest absolute Gasteiger partial charge is 0.323 e. The lowest BCUT2D eigenvalue weighted by atomic mass is 9.86. The van der Waals surface area contributed by atoms with E-state index in [0.29, 0.717) is 22.8 Å². The predicted molar refractivity (Wildman–Crippen MR) is 140 cm³/mol. The number of nitrogens with one attached hydrogen (secondary N) is 2. The molecule has 0 saturated heterocycles. The maximum atomic E-state index is 12.9. The van der Waals surface area contributed by atoms with Gasteiger partial charge >= 0.3 is 5.97 Å². The zero-order valence-corrected chi connectivity index (χ0v) is 22.3. The third-order valence-corrected chi connectivity index (χ3v) is 6.16. The summed E-state index contributed by atoms with van der Waals surface area (Å²) in [5, 5.41) is 26.9. The van der Waals surface area contributed by atoms with Crippen LogP contribution in [0.1, 0.15) is 31.9 Å². The second kappa shape index (κ2) is 13.3. The molecule has 2 aromatic rings. The van der Waals surface area contributed by atoms with Gasteiger partial charge in [0.2, 0.25) is 5.91 Å². The van der Waals surface area contributed by atoms with Crippen molar-refractivity contribution >= 4 is 11.9 Å². The molecule has 0 spiro atoms. The van der Waals surface area contributed by atoms with Crippen LogP contribution < -0.4 is 30.6 Å². The van der Waals surface area contributed by atoms with Gasteiger partial charge in [0.1, 0.15) is 17.9 Å². The minimum Gasteiger partial charge on any atom is -0.496 e. The fourth-order valence-corrected chi connectivity index (χ4v) is 3.83. The molecule has 4 atom stereocenters. The number of aliphatic hydroxyl groups is 1. The lowest BCUT2D eigenvalue weighted by Crippen LogP contribution is -2.60. The van der Waals surface area contributed by atoms with Gasteiger partial charge in [0.25, 0.3) is 0 Å². The molecule has 0 aliphatic rings. The third-order valence-electron chi connectivity index (χ3n) is 6.16. The predicted octanol–water partition coefficient (Wildman–Crippen LogP) is 1.72. The summed E-state index contributed by atoms with van der Waals surface area (Å²) in [6.45, 7) is 5.53. The highest BCUT2D eigenvalue weighted by Gasteiger charge is 2.36. The van der Waals surface area contributed by atoms with Gasteiger partial charge in [0, 0.05) is 18.2 Å². The normalized spacial score (nSPS) is 14.7. The molecular formula is C27H39N3O7. The quantitative estimate of drug-likeness (QED) is 0.267. The Bertz CT molecular complexity index is 1040. The molecule has 10 heteroatoms. The number of nitrogens with two attached hydrogens (primary N) is 1. The molecule has 1 amide bonds. The first kappa shape index (κ1) is 29.9. The Kier molecular flexibility index (Phi) is 10.7. The van der Waals surface area contributed by atoms with Crippen LogP contribution in [0.4, 0.5) is 0 Å². The first-order chi connectivity index (χ1) is 17.4. The van der Waals surface area contributed by atoms with Crippen LogP contribution in [-0.4, -0.2) is 67.6 Å². The summed E-state index contributed by atoms with van der Waals surface area (Å²) in [5.41, 5.74) is 7.02. The summed E-state index contributed by atoms with van der Waals surface area (Å²) in [5.74, 6) is -0.400.